The van der Waals surface area contributed by atoms with Crippen LogP contribution in [0.15, 0.2) is 0 Å². The Morgan fingerprint density at radius 1 is 0.870 bits per heavy atom. The molecule has 0 radical (unpaired) electrons. The Balaban J connectivity index is 3.33. The van der Waals surface area contributed by atoms with Gasteiger partial charge in [-0.3, -0.25) is 19.2 Å². The molecule has 0 heterocycles. The van der Waals surface area contributed by atoms with Crippen molar-refractivity contribution < 1.29 is 39.6 Å². The van der Waals surface area contributed by atoms with Crippen LogP contribution >= 0.6 is 0 Å². The Bertz CT molecular complexity index is 454. The van der Waals surface area contributed by atoms with E-state index in [1.165, 1.54) is 0 Å². The summed E-state index contributed by atoms with van der Waals surface area (Å²) in [5.74, 6) is -8.04. The second-order valence-electron chi connectivity index (χ2n) is 6.39. The average molecular weight is 330 g/mol. The molecule has 4 N–H and O–H groups in total. The third-order valence-corrected chi connectivity index (χ3v) is 4.95. The van der Waals surface area contributed by atoms with Gasteiger partial charge in [0.15, 0.2) is 0 Å². The first-order valence-electron chi connectivity index (χ1n) is 7.49. The monoisotopic (exact) mass is 330 g/mol. The Hall–Kier alpha value is -2.12. The molecule has 130 valence electrons. The molecule has 2 unspecified atom stereocenters. The van der Waals surface area contributed by atoms with E-state index in [1.54, 1.807) is 0 Å². The topological polar surface area (TPSA) is 149 Å². The fourth-order valence-corrected chi connectivity index (χ4v) is 3.66. The minimum absolute atomic E-state index is 0.197. The molecule has 0 aromatic heterocycles. The van der Waals surface area contributed by atoms with Gasteiger partial charge in [0.2, 0.25) is 0 Å². The standard InChI is InChI=1S/C15H22O8/c1-8-2-4-15(5-3-8,9(13(20)21)6-11(16)17)10(14(22)23)7-12(18)19/h8-10H,2-7H2,1H3,(H,16,17)(H,18,19)(H,20,21)(H,22,23). The largest absolute Gasteiger partial charge is 0.481 e. The van der Waals surface area contributed by atoms with Crippen molar-refractivity contribution in [1.29, 1.82) is 0 Å². The summed E-state index contributed by atoms with van der Waals surface area (Å²) >= 11 is 0. The van der Waals surface area contributed by atoms with Crippen LogP contribution in [-0.4, -0.2) is 44.3 Å². The zero-order chi connectivity index (χ0) is 17.8. The van der Waals surface area contributed by atoms with Crippen molar-refractivity contribution in [2.75, 3.05) is 0 Å². The van der Waals surface area contributed by atoms with E-state index in [4.69, 9.17) is 10.2 Å². The van der Waals surface area contributed by atoms with Gasteiger partial charge in [0.05, 0.1) is 24.7 Å². The molecule has 1 aliphatic rings. The molecule has 1 rings (SSSR count). The normalized spacial score (nSPS) is 26.9. The number of carboxylic acid groups (broad SMARTS) is 4. The third-order valence-electron chi connectivity index (χ3n) is 4.95. The highest BCUT2D eigenvalue weighted by Gasteiger charge is 2.53. The van der Waals surface area contributed by atoms with Gasteiger partial charge in [0, 0.05) is 0 Å². The average Bonchev–Trinajstić information content (AvgIpc) is 2.43. The van der Waals surface area contributed by atoms with E-state index in [-0.39, 0.29) is 18.8 Å². The number of carboxylic acids is 4. The molecule has 0 aromatic carbocycles. The van der Waals surface area contributed by atoms with Crippen LogP contribution in [0.1, 0.15) is 45.4 Å². The van der Waals surface area contributed by atoms with Gasteiger partial charge < -0.3 is 20.4 Å². The maximum atomic E-state index is 11.6. The van der Waals surface area contributed by atoms with Gasteiger partial charge in [-0.05, 0) is 24.2 Å². The SMILES string of the molecule is CC1CCC(C(CC(=O)O)C(=O)O)(C(CC(=O)O)C(=O)O)CC1. The summed E-state index contributed by atoms with van der Waals surface area (Å²) in [5.41, 5.74) is -1.36. The number of hydrogen-bond donors (Lipinski definition) is 4. The van der Waals surface area contributed by atoms with Crippen LogP contribution in [0.2, 0.25) is 0 Å². The summed E-state index contributed by atoms with van der Waals surface area (Å²) in [4.78, 5) is 45.4. The minimum Gasteiger partial charge on any atom is -0.481 e. The van der Waals surface area contributed by atoms with Crippen molar-refractivity contribution in [2.45, 2.75) is 45.4 Å². The predicted molar refractivity (Wildman–Crippen MR) is 76.8 cm³/mol. The summed E-state index contributed by atoms with van der Waals surface area (Å²) in [5, 5.41) is 36.9. The van der Waals surface area contributed by atoms with Gasteiger partial charge in [0.25, 0.3) is 0 Å². The van der Waals surface area contributed by atoms with Gasteiger partial charge in [-0.2, -0.15) is 0 Å². The maximum absolute atomic E-state index is 11.6. The van der Waals surface area contributed by atoms with Gasteiger partial charge in [0.1, 0.15) is 0 Å². The summed E-state index contributed by atoms with van der Waals surface area (Å²) in [6, 6.07) is 0. The van der Waals surface area contributed by atoms with Crippen LogP contribution in [-0.2, 0) is 19.2 Å². The lowest BCUT2D eigenvalue weighted by Gasteiger charge is -2.46. The quantitative estimate of drug-likeness (QED) is 0.523. The number of aliphatic carboxylic acids is 4. The van der Waals surface area contributed by atoms with Crippen molar-refractivity contribution in [1.82, 2.24) is 0 Å². The van der Waals surface area contributed by atoms with E-state index < -0.39 is 54.0 Å². The molecule has 0 spiro atoms. The van der Waals surface area contributed by atoms with E-state index in [2.05, 4.69) is 0 Å². The first-order chi connectivity index (χ1) is 10.6. The lowest BCUT2D eigenvalue weighted by atomic mass is 9.56. The van der Waals surface area contributed by atoms with Gasteiger partial charge in [-0.25, -0.2) is 0 Å². The fraction of sp³-hybridized carbons (Fsp3) is 0.733. The van der Waals surface area contributed by atoms with E-state index in [0.717, 1.165) is 0 Å². The highest BCUT2D eigenvalue weighted by molar-refractivity contribution is 5.82. The number of rotatable bonds is 8. The van der Waals surface area contributed by atoms with Crippen molar-refractivity contribution in [2.24, 2.45) is 23.2 Å². The second-order valence-corrected chi connectivity index (χ2v) is 6.39. The smallest absolute Gasteiger partial charge is 0.307 e. The van der Waals surface area contributed by atoms with E-state index in [9.17, 15) is 29.4 Å². The number of hydrogen-bond acceptors (Lipinski definition) is 4. The molecule has 2 atom stereocenters. The zero-order valence-electron chi connectivity index (χ0n) is 12.9. The molecule has 0 bridgehead atoms. The van der Waals surface area contributed by atoms with Crippen molar-refractivity contribution >= 4 is 23.9 Å². The Kier molecular flexibility index (Phi) is 6.12. The highest BCUT2D eigenvalue weighted by Crippen LogP contribution is 2.52. The van der Waals surface area contributed by atoms with Crippen LogP contribution < -0.4 is 0 Å². The number of carbonyl (C=O) groups is 4. The van der Waals surface area contributed by atoms with Crippen LogP contribution in [0, 0.1) is 23.2 Å². The Morgan fingerprint density at radius 2 is 1.22 bits per heavy atom. The molecule has 0 saturated heterocycles. The summed E-state index contributed by atoms with van der Waals surface area (Å²) < 4.78 is 0. The fourth-order valence-electron chi connectivity index (χ4n) is 3.66. The maximum Gasteiger partial charge on any atom is 0.307 e. The summed E-state index contributed by atoms with van der Waals surface area (Å²) in [6.07, 6.45) is 0.0607. The molecular formula is C15H22O8. The van der Waals surface area contributed by atoms with Crippen molar-refractivity contribution in [3.63, 3.8) is 0 Å². The van der Waals surface area contributed by atoms with Gasteiger partial charge >= 0.3 is 23.9 Å². The highest BCUT2D eigenvalue weighted by atomic mass is 16.4. The van der Waals surface area contributed by atoms with Crippen LogP contribution in [0.25, 0.3) is 0 Å². The first-order valence-corrected chi connectivity index (χ1v) is 7.49. The lowest BCUT2D eigenvalue weighted by molar-refractivity contribution is -0.168. The minimum atomic E-state index is -1.42. The lowest BCUT2D eigenvalue weighted by Crippen LogP contribution is -2.48. The molecule has 1 fully saturated rings. The first kappa shape index (κ1) is 18.9. The third kappa shape index (κ3) is 4.43. The van der Waals surface area contributed by atoms with Crippen LogP contribution in [0.4, 0.5) is 0 Å². The van der Waals surface area contributed by atoms with E-state index in [1.807, 2.05) is 6.92 Å². The summed E-state index contributed by atoms with van der Waals surface area (Å²) in [7, 11) is 0. The molecule has 0 aromatic rings. The molecule has 8 heteroatoms. The van der Waals surface area contributed by atoms with Crippen LogP contribution in [0.3, 0.4) is 0 Å². The van der Waals surface area contributed by atoms with Crippen molar-refractivity contribution in [3.8, 4) is 0 Å². The molecule has 23 heavy (non-hydrogen) atoms. The Morgan fingerprint density at radius 3 is 1.48 bits per heavy atom. The van der Waals surface area contributed by atoms with E-state index in [0.29, 0.717) is 12.8 Å². The van der Waals surface area contributed by atoms with E-state index >= 15 is 0 Å². The van der Waals surface area contributed by atoms with Gasteiger partial charge in [-0.15, -0.1) is 0 Å². The molecular weight excluding hydrogens is 308 g/mol. The molecule has 0 amide bonds. The Labute approximate surface area is 133 Å². The summed E-state index contributed by atoms with van der Waals surface area (Å²) in [6.45, 7) is 1.95. The van der Waals surface area contributed by atoms with Crippen molar-refractivity contribution in [3.05, 3.63) is 0 Å². The second kappa shape index (κ2) is 7.43. The molecule has 1 aliphatic carbocycles. The van der Waals surface area contributed by atoms with Gasteiger partial charge in [-0.1, -0.05) is 19.8 Å². The van der Waals surface area contributed by atoms with Crippen LogP contribution in [0.5, 0.6) is 0 Å². The molecule has 8 nitrogen and oxygen atoms in total. The molecule has 0 aliphatic heterocycles. The predicted octanol–water partition coefficient (Wildman–Crippen LogP) is 1.53. The molecule has 1 saturated carbocycles. The zero-order valence-corrected chi connectivity index (χ0v) is 12.9.